The third-order valence-corrected chi connectivity index (χ3v) is 9.14. The lowest BCUT2D eigenvalue weighted by atomic mass is 10.0. The van der Waals surface area contributed by atoms with Gasteiger partial charge >= 0.3 is 0 Å². The van der Waals surface area contributed by atoms with Crippen molar-refractivity contribution in [2.45, 2.75) is 72.5 Å². The molecular weight excluding hydrogens is 700 g/mol. The first-order valence-electron chi connectivity index (χ1n) is 17.5. The summed E-state index contributed by atoms with van der Waals surface area (Å²) in [5.41, 5.74) is 17.6. The van der Waals surface area contributed by atoms with E-state index in [-0.39, 0.29) is 30.7 Å². The Morgan fingerprint density at radius 1 is 0.564 bits per heavy atom. The van der Waals surface area contributed by atoms with Gasteiger partial charge in [0.05, 0.1) is 39.5 Å². The van der Waals surface area contributed by atoms with Gasteiger partial charge in [0, 0.05) is 64.6 Å². The molecule has 0 aliphatic heterocycles. The lowest BCUT2D eigenvalue weighted by Crippen LogP contribution is -2.40. The second kappa shape index (κ2) is 20.0. The van der Waals surface area contributed by atoms with Gasteiger partial charge in [-0.1, -0.05) is 7.43 Å². The Kier molecular flexibility index (Phi) is 15.8. The van der Waals surface area contributed by atoms with E-state index in [2.05, 4.69) is 20.3 Å². The molecule has 0 aliphatic rings. The molecule has 55 heavy (non-hydrogen) atoms. The van der Waals surface area contributed by atoms with Crippen LogP contribution in [0.1, 0.15) is 51.8 Å². The number of ether oxygens (including phenoxy) is 3. The first kappa shape index (κ1) is 43.5. The molecule has 3 aromatic carbocycles. The molecule has 6 rings (SSSR count). The minimum absolute atomic E-state index is 0. The number of methoxy groups -OCH3 is 3. The number of nitrogens with two attached hydrogens (primary N) is 2. The van der Waals surface area contributed by atoms with Crippen molar-refractivity contribution < 1.29 is 33.4 Å². The second-order valence-electron chi connectivity index (χ2n) is 13.1. The van der Waals surface area contributed by atoms with Gasteiger partial charge in [0.2, 0.25) is 5.91 Å². The highest BCUT2D eigenvalue weighted by Gasteiger charge is 2.18. The fraction of sp³-hybridized carbons (Fsp3) is 0.333. The highest BCUT2D eigenvalue weighted by Crippen LogP contribution is 2.26. The lowest BCUT2D eigenvalue weighted by molar-refractivity contribution is -0.125. The summed E-state index contributed by atoms with van der Waals surface area (Å²) < 4.78 is 15.6. The summed E-state index contributed by atoms with van der Waals surface area (Å²) in [6.45, 7) is 5.92. The Balaban J connectivity index is 0.000000220. The zero-order valence-electron chi connectivity index (χ0n) is 31.8. The number of hydrogen-bond donors (Lipinski definition) is 6. The number of rotatable bonds is 13. The molecule has 0 spiro atoms. The molecule has 3 aromatic heterocycles. The highest BCUT2D eigenvalue weighted by atomic mass is 16.5. The van der Waals surface area contributed by atoms with Crippen LogP contribution in [0.5, 0.6) is 17.2 Å². The van der Waals surface area contributed by atoms with Gasteiger partial charge in [-0.3, -0.25) is 19.2 Å². The summed E-state index contributed by atoms with van der Waals surface area (Å²) in [6, 6.07) is 15.9. The topological polar surface area (TPSA) is 207 Å². The van der Waals surface area contributed by atoms with Crippen molar-refractivity contribution in [1.82, 2.24) is 20.3 Å². The number of benzene rings is 3. The van der Waals surface area contributed by atoms with Crippen LogP contribution in [0, 0.1) is 0 Å². The van der Waals surface area contributed by atoms with E-state index < -0.39 is 18.1 Å². The Morgan fingerprint density at radius 2 is 0.891 bits per heavy atom. The van der Waals surface area contributed by atoms with Gasteiger partial charge < -0.3 is 45.9 Å². The van der Waals surface area contributed by atoms with Crippen LogP contribution in [0.3, 0.4) is 0 Å². The van der Waals surface area contributed by atoms with Crippen LogP contribution in [0.2, 0.25) is 0 Å². The Bertz CT molecular complexity index is 2130. The lowest BCUT2D eigenvalue weighted by Gasteiger charge is -2.14. The molecule has 294 valence electrons. The van der Waals surface area contributed by atoms with Crippen molar-refractivity contribution in [2.75, 3.05) is 21.3 Å². The summed E-state index contributed by atoms with van der Waals surface area (Å²) >= 11 is 0. The molecule has 0 saturated heterocycles. The van der Waals surface area contributed by atoms with Crippen LogP contribution >= 0.6 is 0 Å². The van der Waals surface area contributed by atoms with Crippen molar-refractivity contribution in [2.24, 2.45) is 11.5 Å². The number of fused-ring (bicyclic) bond motifs is 3. The summed E-state index contributed by atoms with van der Waals surface area (Å²) in [5.74, 6) is 2.10. The Morgan fingerprint density at radius 3 is 1.16 bits per heavy atom. The second-order valence-corrected chi connectivity index (χ2v) is 13.1. The van der Waals surface area contributed by atoms with Crippen LogP contribution < -0.4 is 31.0 Å². The number of H-pyrrole nitrogens is 3. The van der Waals surface area contributed by atoms with Crippen LogP contribution in [0.25, 0.3) is 32.7 Å². The summed E-state index contributed by atoms with van der Waals surface area (Å²) in [7, 11) is 4.88. The number of ketones is 3. The average Bonchev–Trinajstić information content (AvgIpc) is 3.87. The monoisotopic (exact) mass is 754 g/mol. The molecule has 0 aliphatic carbocycles. The third kappa shape index (κ3) is 11.5. The molecular formula is C42H54N6O7. The number of amides is 1. The van der Waals surface area contributed by atoms with Crippen LogP contribution in [-0.2, 0) is 38.4 Å². The molecule has 0 bridgehead atoms. The van der Waals surface area contributed by atoms with Crippen molar-refractivity contribution in [3.63, 3.8) is 0 Å². The molecule has 3 unspecified atom stereocenters. The normalized spacial score (nSPS) is 12.2. The minimum Gasteiger partial charge on any atom is -0.497 e. The first-order valence-corrected chi connectivity index (χ1v) is 17.5. The molecule has 1 amide bonds. The largest absolute Gasteiger partial charge is 0.497 e. The number of nitrogens with one attached hydrogen (secondary N) is 4. The smallest absolute Gasteiger partial charge is 0.217 e. The van der Waals surface area contributed by atoms with Crippen LogP contribution in [0.4, 0.5) is 0 Å². The number of aromatic amines is 3. The van der Waals surface area contributed by atoms with Gasteiger partial charge in [0.25, 0.3) is 0 Å². The van der Waals surface area contributed by atoms with E-state index in [1.807, 2.05) is 73.2 Å². The molecule has 3 atom stereocenters. The molecule has 3 heterocycles. The maximum atomic E-state index is 11.6. The number of carbonyl (C=O) groups excluding carboxylic acids is 4. The standard InChI is InChI=1S/C15H18N2O3.2C13H16N2O2.CH4/c1-9(18)15(17-10(2)19)6-11-8-16-14-5-4-12(20-3)7-13(11)14;2*1-8(16)12(14)5-9-7-15-13-4-3-10(17-2)6-11(9)13;/h4-5,7-8,15-16H,6H2,1-3H3,(H,17,19);2*3-4,6-7,12,15H,5,14H2,1-2H3;1H4. The molecule has 0 radical (unpaired) electrons. The van der Waals surface area contributed by atoms with Crippen LogP contribution in [-0.4, -0.2) is 77.7 Å². The van der Waals surface area contributed by atoms with Gasteiger partial charge in [-0.05, 0) is 105 Å². The van der Waals surface area contributed by atoms with Crippen molar-refractivity contribution in [3.05, 3.63) is 89.9 Å². The predicted molar refractivity (Wildman–Crippen MR) is 218 cm³/mol. The quantitative estimate of drug-likeness (QED) is 0.0851. The number of carbonyl (C=O) groups is 4. The number of Topliss-reactive ketones (excluding diaryl/α,β-unsaturated/α-hetero) is 3. The van der Waals surface area contributed by atoms with E-state index in [0.29, 0.717) is 19.3 Å². The fourth-order valence-corrected chi connectivity index (χ4v) is 5.88. The van der Waals surface area contributed by atoms with Crippen molar-refractivity contribution in [1.29, 1.82) is 0 Å². The molecule has 0 fully saturated rings. The van der Waals surface area contributed by atoms with Crippen molar-refractivity contribution in [3.8, 4) is 17.2 Å². The van der Waals surface area contributed by atoms with E-state index in [9.17, 15) is 19.2 Å². The molecule has 13 nitrogen and oxygen atoms in total. The van der Waals surface area contributed by atoms with Crippen LogP contribution in [0.15, 0.2) is 73.2 Å². The van der Waals surface area contributed by atoms with Gasteiger partial charge in [-0.2, -0.15) is 0 Å². The van der Waals surface area contributed by atoms with Gasteiger partial charge in [0.15, 0.2) is 5.78 Å². The number of hydrogen-bond acceptors (Lipinski definition) is 9. The Labute approximate surface area is 321 Å². The SMILES string of the molecule is C.COc1ccc2[nH]cc(CC(N)C(C)=O)c2c1.COc1ccc2[nH]cc(CC(N)C(C)=O)c2c1.COc1ccc2[nH]cc(CC(NC(C)=O)C(C)=O)c2c1. The third-order valence-electron chi connectivity index (χ3n) is 9.14. The van der Waals surface area contributed by atoms with E-state index >= 15 is 0 Å². The summed E-state index contributed by atoms with van der Waals surface area (Å²) in [4.78, 5) is 54.6. The van der Waals surface area contributed by atoms with Crippen molar-refractivity contribution >= 4 is 56.0 Å². The maximum absolute atomic E-state index is 11.6. The summed E-state index contributed by atoms with van der Waals surface area (Å²) in [6.07, 6.45) is 7.20. The predicted octanol–water partition coefficient (Wildman–Crippen LogP) is 5.72. The van der Waals surface area contributed by atoms with Gasteiger partial charge in [0.1, 0.15) is 28.8 Å². The molecule has 0 saturated carbocycles. The molecule has 13 heteroatoms. The maximum Gasteiger partial charge on any atom is 0.217 e. The summed E-state index contributed by atoms with van der Waals surface area (Å²) in [5, 5.41) is 5.79. The number of aromatic nitrogens is 3. The Hall–Kier alpha value is -5.92. The van der Waals surface area contributed by atoms with E-state index in [1.54, 1.807) is 21.3 Å². The van der Waals surface area contributed by atoms with E-state index in [0.717, 1.165) is 66.6 Å². The van der Waals surface area contributed by atoms with Gasteiger partial charge in [-0.25, -0.2) is 0 Å². The molecule has 8 N–H and O–H groups in total. The first-order chi connectivity index (χ1) is 25.7. The zero-order valence-corrected chi connectivity index (χ0v) is 31.8. The van der Waals surface area contributed by atoms with E-state index in [1.165, 1.54) is 27.7 Å². The minimum atomic E-state index is -0.502. The molecule has 6 aromatic rings. The van der Waals surface area contributed by atoms with E-state index in [4.69, 9.17) is 25.7 Å². The zero-order chi connectivity index (χ0) is 39.5. The highest BCUT2D eigenvalue weighted by molar-refractivity contribution is 5.90. The average molecular weight is 755 g/mol. The fourth-order valence-electron chi connectivity index (χ4n) is 5.88. The van der Waals surface area contributed by atoms with Gasteiger partial charge in [-0.15, -0.1) is 0 Å².